The van der Waals surface area contributed by atoms with E-state index in [0.717, 1.165) is 29.1 Å². The SMILES string of the molecule is CCc1nc(N)c(C)c(Nc2c(C)cccc2Cl)n1. The van der Waals surface area contributed by atoms with Crippen LogP contribution in [0.4, 0.5) is 17.3 Å². The Balaban J connectivity index is 2.46. The van der Waals surface area contributed by atoms with Gasteiger partial charge in [0.1, 0.15) is 17.5 Å². The number of aryl methyl sites for hydroxylation is 2. The molecule has 0 bridgehead atoms. The Morgan fingerprint density at radius 2 is 2.00 bits per heavy atom. The minimum absolute atomic E-state index is 0.499. The van der Waals surface area contributed by atoms with E-state index in [1.54, 1.807) is 0 Å². The molecule has 2 aromatic rings. The predicted molar refractivity (Wildman–Crippen MR) is 80.0 cm³/mol. The summed E-state index contributed by atoms with van der Waals surface area (Å²) in [5, 5.41) is 3.92. The van der Waals surface area contributed by atoms with Crippen molar-refractivity contribution in [3.63, 3.8) is 0 Å². The number of aromatic nitrogens is 2. The third-order valence-electron chi connectivity index (χ3n) is 3.01. The number of benzene rings is 1. The molecule has 0 spiro atoms. The molecule has 0 saturated carbocycles. The van der Waals surface area contributed by atoms with Crippen LogP contribution in [0.15, 0.2) is 18.2 Å². The monoisotopic (exact) mass is 276 g/mol. The first-order valence-corrected chi connectivity index (χ1v) is 6.55. The number of hydrogen-bond donors (Lipinski definition) is 2. The van der Waals surface area contributed by atoms with Gasteiger partial charge in [-0.1, -0.05) is 30.7 Å². The predicted octanol–water partition coefficient (Wildman–Crippen LogP) is 3.64. The van der Waals surface area contributed by atoms with Crippen molar-refractivity contribution in [2.75, 3.05) is 11.1 Å². The molecule has 0 radical (unpaired) electrons. The van der Waals surface area contributed by atoms with Gasteiger partial charge in [0.25, 0.3) is 0 Å². The topological polar surface area (TPSA) is 63.8 Å². The van der Waals surface area contributed by atoms with Gasteiger partial charge in [0.15, 0.2) is 0 Å². The molecule has 0 amide bonds. The van der Waals surface area contributed by atoms with Crippen molar-refractivity contribution in [2.24, 2.45) is 0 Å². The first-order chi connectivity index (χ1) is 9.02. The van der Waals surface area contributed by atoms with Crippen LogP contribution in [0.25, 0.3) is 0 Å². The highest BCUT2D eigenvalue weighted by atomic mass is 35.5. The van der Waals surface area contributed by atoms with E-state index in [-0.39, 0.29) is 0 Å². The number of halogens is 1. The molecule has 1 aromatic carbocycles. The summed E-state index contributed by atoms with van der Waals surface area (Å²) in [4.78, 5) is 8.70. The van der Waals surface area contributed by atoms with Gasteiger partial charge in [-0.3, -0.25) is 0 Å². The Kier molecular flexibility index (Phi) is 3.90. The summed E-state index contributed by atoms with van der Waals surface area (Å²) in [5.41, 5.74) is 8.64. The molecule has 19 heavy (non-hydrogen) atoms. The minimum atomic E-state index is 0.499. The van der Waals surface area contributed by atoms with E-state index in [2.05, 4.69) is 15.3 Å². The van der Waals surface area contributed by atoms with E-state index >= 15 is 0 Å². The molecule has 4 nitrogen and oxygen atoms in total. The second-order valence-electron chi connectivity index (χ2n) is 4.41. The average Bonchev–Trinajstić information content (AvgIpc) is 2.38. The van der Waals surface area contributed by atoms with Crippen LogP contribution >= 0.6 is 11.6 Å². The van der Waals surface area contributed by atoms with Gasteiger partial charge >= 0.3 is 0 Å². The summed E-state index contributed by atoms with van der Waals surface area (Å²) < 4.78 is 0. The number of nitrogens with zero attached hydrogens (tertiary/aromatic N) is 2. The van der Waals surface area contributed by atoms with Gasteiger partial charge in [-0.2, -0.15) is 0 Å². The summed E-state index contributed by atoms with van der Waals surface area (Å²) in [6.45, 7) is 5.88. The van der Waals surface area contributed by atoms with E-state index in [0.29, 0.717) is 16.7 Å². The fourth-order valence-corrected chi connectivity index (χ4v) is 2.04. The molecular formula is C14H17ClN4. The van der Waals surface area contributed by atoms with Crippen LogP contribution in [0.5, 0.6) is 0 Å². The van der Waals surface area contributed by atoms with Crippen molar-refractivity contribution in [3.05, 3.63) is 40.2 Å². The summed E-state index contributed by atoms with van der Waals surface area (Å²) >= 11 is 6.21. The van der Waals surface area contributed by atoms with Crippen molar-refractivity contribution >= 4 is 28.9 Å². The zero-order chi connectivity index (χ0) is 14.0. The lowest BCUT2D eigenvalue weighted by atomic mass is 10.2. The fraction of sp³-hybridized carbons (Fsp3) is 0.286. The van der Waals surface area contributed by atoms with Gasteiger partial charge < -0.3 is 11.1 Å². The number of nitrogen functional groups attached to an aromatic ring is 1. The number of hydrogen-bond acceptors (Lipinski definition) is 4. The second-order valence-corrected chi connectivity index (χ2v) is 4.82. The molecule has 0 fully saturated rings. The lowest BCUT2D eigenvalue weighted by molar-refractivity contribution is 0.940. The van der Waals surface area contributed by atoms with Crippen LogP contribution in [0.1, 0.15) is 23.9 Å². The van der Waals surface area contributed by atoms with E-state index in [1.807, 2.05) is 39.0 Å². The summed E-state index contributed by atoms with van der Waals surface area (Å²) in [6.07, 6.45) is 0.737. The van der Waals surface area contributed by atoms with Gasteiger partial charge in [-0.25, -0.2) is 9.97 Å². The quantitative estimate of drug-likeness (QED) is 0.898. The van der Waals surface area contributed by atoms with Crippen molar-refractivity contribution in [2.45, 2.75) is 27.2 Å². The summed E-state index contributed by atoms with van der Waals surface area (Å²) in [7, 11) is 0. The molecular weight excluding hydrogens is 260 g/mol. The Morgan fingerprint density at radius 1 is 1.26 bits per heavy atom. The number of rotatable bonds is 3. The lowest BCUT2D eigenvalue weighted by Crippen LogP contribution is -2.07. The van der Waals surface area contributed by atoms with Crippen LogP contribution in [0, 0.1) is 13.8 Å². The van der Waals surface area contributed by atoms with Crippen molar-refractivity contribution in [3.8, 4) is 0 Å². The highest BCUT2D eigenvalue weighted by Crippen LogP contribution is 2.30. The number of anilines is 3. The van der Waals surface area contributed by atoms with Gasteiger partial charge in [0.05, 0.1) is 10.7 Å². The molecule has 2 rings (SSSR count). The van der Waals surface area contributed by atoms with E-state index in [9.17, 15) is 0 Å². The molecule has 1 aromatic heterocycles. The third kappa shape index (κ3) is 2.79. The maximum Gasteiger partial charge on any atom is 0.139 e. The lowest BCUT2D eigenvalue weighted by Gasteiger charge is -2.14. The number of para-hydroxylation sites is 1. The largest absolute Gasteiger partial charge is 0.383 e. The van der Waals surface area contributed by atoms with Crippen molar-refractivity contribution in [1.82, 2.24) is 9.97 Å². The first kappa shape index (κ1) is 13.6. The highest BCUT2D eigenvalue weighted by Gasteiger charge is 2.11. The maximum atomic E-state index is 6.21. The molecule has 100 valence electrons. The standard InChI is InChI=1S/C14H17ClN4/c1-4-11-17-13(16)9(3)14(18-11)19-12-8(2)6-5-7-10(12)15/h5-7H,4H2,1-3H3,(H3,16,17,18,19). The highest BCUT2D eigenvalue weighted by molar-refractivity contribution is 6.33. The molecule has 0 atom stereocenters. The second kappa shape index (κ2) is 5.45. The number of nitrogens with two attached hydrogens (primary N) is 1. The molecule has 0 aliphatic carbocycles. The zero-order valence-corrected chi connectivity index (χ0v) is 12.0. The number of nitrogens with one attached hydrogen (secondary N) is 1. The van der Waals surface area contributed by atoms with E-state index < -0.39 is 0 Å². The molecule has 3 N–H and O–H groups in total. The Hall–Kier alpha value is -1.81. The molecule has 0 unspecified atom stereocenters. The van der Waals surface area contributed by atoms with Gasteiger partial charge in [-0.15, -0.1) is 0 Å². The molecule has 1 heterocycles. The van der Waals surface area contributed by atoms with Crippen LogP contribution < -0.4 is 11.1 Å². The Bertz CT molecular complexity index is 590. The summed E-state index contributed by atoms with van der Waals surface area (Å²) in [5.74, 6) is 1.93. The maximum absolute atomic E-state index is 6.21. The minimum Gasteiger partial charge on any atom is -0.383 e. The Labute approximate surface area is 118 Å². The third-order valence-corrected chi connectivity index (χ3v) is 3.33. The molecule has 0 aliphatic rings. The Morgan fingerprint density at radius 3 is 2.63 bits per heavy atom. The smallest absolute Gasteiger partial charge is 0.139 e. The molecule has 0 aliphatic heterocycles. The van der Waals surface area contributed by atoms with E-state index in [4.69, 9.17) is 17.3 Å². The normalized spacial score (nSPS) is 10.5. The summed E-state index contributed by atoms with van der Waals surface area (Å²) in [6, 6.07) is 5.76. The van der Waals surface area contributed by atoms with E-state index in [1.165, 1.54) is 0 Å². The van der Waals surface area contributed by atoms with Gasteiger partial charge in [-0.05, 0) is 25.5 Å². The average molecular weight is 277 g/mol. The van der Waals surface area contributed by atoms with Crippen LogP contribution in [0.2, 0.25) is 5.02 Å². The van der Waals surface area contributed by atoms with Crippen molar-refractivity contribution in [1.29, 1.82) is 0 Å². The van der Waals surface area contributed by atoms with Gasteiger partial charge in [0.2, 0.25) is 0 Å². The molecule has 5 heteroatoms. The molecule has 0 saturated heterocycles. The van der Waals surface area contributed by atoms with Crippen LogP contribution in [-0.2, 0) is 6.42 Å². The van der Waals surface area contributed by atoms with Crippen LogP contribution in [-0.4, -0.2) is 9.97 Å². The fourth-order valence-electron chi connectivity index (χ4n) is 1.77. The zero-order valence-electron chi connectivity index (χ0n) is 11.3. The van der Waals surface area contributed by atoms with Crippen molar-refractivity contribution < 1.29 is 0 Å². The van der Waals surface area contributed by atoms with Crippen LogP contribution in [0.3, 0.4) is 0 Å². The van der Waals surface area contributed by atoms with Gasteiger partial charge in [0, 0.05) is 12.0 Å². The first-order valence-electron chi connectivity index (χ1n) is 6.18.